The van der Waals surface area contributed by atoms with E-state index < -0.39 is 0 Å². The molecule has 3 atom stereocenters. The van der Waals surface area contributed by atoms with Gasteiger partial charge in [-0.2, -0.15) is 0 Å². The molecule has 1 N–H and O–H groups in total. The zero-order valence-electron chi connectivity index (χ0n) is 11.7. The van der Waals surface area contributed by atoms with Gasteiger partial charge in [-0.25, -0.2) is 4.39 Å². The summed E-state index contributed by atoms with van der Waals surface area (Å²) in [7, 11) is 0. The van der Waals surface area contributed by atoms with Crippen LogP contribution in [-0.4, -0.2) is 0 Å². The van der Waals surface area contributed by atoms with Crippen molar-refractivity contribution in [2.75, 3.05) is 5.32 Å². The SMILES string of the molecule is Fc1ccc2c(c1)[C@@H]1C=CC[C@H]1[C@@H](c1cccc(Cl)c1Cl)N2. The zero-order valence-corrected chi connectivity index (χ0v) is 13.2. The summed E-state index contributed by atoms with van der Waals surface area (Å²) in [6.07, 6.45) is 5.29. The number of fused-ring (bicyclic) bond motifs is 3. The van der Waals surface area contributed by atoms with Crippen LogP contribution in [0.25, 0.3) is 0 Å². The predicted octanol–water partition coefficient (Wildman–Crippen LogP) is 5.96. The molecule has 0 saturated carbocycles. The Balaban J connectivity index is 1.83. The lowest BCUT2D eigenvalue weighted by Crippen LogP contribution is -2.29. The van der Waals surface area contributed by atoms with Gasteiger partial charge in [0, 0.05) is 11.6 Å². The van der Waals surface area contributed by atoms with Gasteiger partial charge < -0.3 is 5.32 Å². The van der Waals surface area contributed by atoms with E-state index in [-0.39, 0.29) is 17.8 Å². The highest BCUT2D eigenvalue weighted by Gasteiger charge is 2.38. The van der Waals surface area contributed by atoms with Crippen LogP contribution in [0.3, 0.4) is 0 Å². The van der Waals surface area contributed by atoms with Crippen molar-refractivity contribution in [3.8, 4) is 0 Å². The first-order valence-corrected chi connectivity index (χ1v) is 8.07. The summed E-state index contributed by atoms with van der Waals surface area (Å²) in [6.45, 7) is 0. The van der Waals surface area contributed by atoms with Gasteiger partial charge in [-0.3, -0.25) is 0 Å². The Bertz CT molecular complexity index is 772. The summed E-state index contributed by atoms with van der Waals surface area (Å²) >= 11 is 12.6. The predicted molar refractivity (Wildman–Crippen MR) is 89.2 cm³/mol. The first kappa shape index (κ1) is 14.1. The van der Waals surface area contributed by atoms with E-state index >= 15 is 0 Å². The van der Waals surface area contributed by atoms with Crippen molar-refractivity contribution in [3.63, 3.8) is 0 Å². The average Bonchev–Trinajstić information content (AvgIpc) is 2.99. The first-order valence-electron chi connectivity index (χ1n) is 7.31. The third-order valence-corrected chi connectivity index (χ3v) is 5.47. The third-order valence-electron chi connectivity index (χ3n) is 4.64. The smallest absolute Gasteiger partial charge is 0.123 e. The second kappa shape index (κ2) is 5.29. The molecule has 2 aromatic carbocycles. The van der Waals surface area contributed by atoms with Crippen molar-refractivity contribution < 1.29 is 4.39 Å². The lowest BCUT2D eigenvalue weighted by molar-refractivity contribution is 0.424. The molecule has 112 valence electrons. The minimum atomic E-state index is -0.196. The number of hydrogen-bond donors (Lipinski definition) is 1. The molecule has 4 rings (SSSR count). The summed E-state index contributed by atoms with van der Waals surface area (Å²) in [5.41, 5.74) is 2.99. The third kappa shape index (κ3) is 2.13. The highest BCUT2D eigenvalue weighted by molar-refractivity contribution is 6.42. The minimum absolute atomic E-state index is 0.0733. The van der Waals surface area contributed by atoms with E-state index in [1.165, 1.54) is 6.07 Å². The second-order valence-corrected chi connectivity index (χ2v) is 6.64. The van der Waals surface area contributed by atoms with Crippen LogP contribution in [0.5, 0.6) is 0 Å². The fraction of sp³-hybridized carbons (Fsp3) is 0.222. The summed E-state index contributed by atoms with van der Waals surface area (Å²) in [6, 6.07) is 10.7. The van der Waals surface area contributed by atoms with Gasteiger partial charge >= 0.3 is 0 Å². The Morgan fingerprint density at radius 3 is 2.82 bits per heavy atom. The molecule has 0 fully saturated rings. The van der Waals surface area contributed by atoms with Crippen LogP contribution in [0.2, 0.25) is 10.0 Å². The summed E-state index contributed by atoms with van der Waals surface area (Å²) in [5, 5.41) is 4.69. The Morgan fingerprint density at radius 1 is 1.09 bits per heavy atom. The number of allylic oxidation sites excluding steroid dienone is 2. The number of benzene rings is 2. The molecule has 4 heteroatoms. The molecular weight excluding hydrogens is 320 g/mol. The largest absolute Gasteiger partial charge is 0.378 e. The molecule has 0 bridgehead atoms. The number of anilines is 1. The van der Waals surface area contributed by atoms with Gasteiger partial charge in [-0.05, 0) is 47.7 Å². The van der Waals surface area contributed by atoms with Crippen molar-refractivity contribution in [1.29, 1.82) is 0 Å². The number of nitrogens with one attached hydrogen (secondary N) is 1. The molecule has 2 aliphatic rings. The summed E-state index contributed by atoms with van der Waals surface area (Å²) in [5.74, 6) is 0.344. The maximum atomic E-state index is 13.6. The van der Waals surface area contributed by atoms with Gasteiger partial charge in [0.15, 0.2) is 0 Å². The highest BCUT2D eigenvalue weighted by Crippen LogP contribution is 2.51. The van der Waals surface area contributed by atoms with Crippen molar-refractivity contribution >= 4 is 28.9 Å². The molecule has 0 radical (unpaired) electrons. The molecule has 0 amide bonds. The Hall–Kier alpha value is -1.51. The molecule has 0 unspecified atom stereocenters. The van der Waals surface area contributed by atoms with E-state index in [1.54, 1.807) is 18.2 Å². The van der Waals surface area contributed by atoms with Crippen LogP contribution in [-0.2, 0) is 0 Å². The van der Waals surface area contributed by atoms with Crippen LogP contribution >= 0.6 is 23.2 Å². The second-order valence-electron chi connectivity index (χ2n) is 5.85. The van der Waals surface area contributed by atoms with Crippen LogP contribution in [0, 0.1) is 11.7 Å². The normalized spacial score (nSPS) is 25.5. The molecule has 2 aromatic rings. The number of halogens is 3. The zero-order chi connectivity index (χ0) is 15.3. The van der Waals surface area contributed by atoms with Crippen molar-refractivity contribution in [3.05, 3.63) is 75.5 Å². The maximum Gasteiger partial charge on any atom is 0.123 e. The fourth-order valence-corrected chi connectivity index (χ4v) is 4.06. The summed E-state index contributed by atoms with van der Waals surface area (Å²) in [4.78, 5) is 0. The van der Waals surface area contributed by atoms with Gasteiger partial charge in [0.2, 0.25) is 0 Å². The Labute approximate surface area is 138 Å². The molecule has 1 aliphatic heterocycles. The average molecular weight is 334 g/mol. The fourth-order valence-electron chi connectivity index (χ4n) is 3.63. The van der Waals surface area contributed by atoms with E-state index in [9.17, 15) is 4.39 Å². The Kier molecular flexibility index (Phi) is 3.39. The van der Waals surface area contributed by atoms with E-state index in [0.29, 0.717) is 16.0 Å². The lowest BCUT2D eigenvalue weighted by atomic mass is 9.77. The first-order chi connectivity index (χ1) is 10.6. The molecular formula is C18H14Cl2FN. The monoisotopic (exact) mass is 333 g/mol. The van der Waals surface area contributed by atoms with Crippen LogP contribution in [0.4, 0.5) is 10.1 Å². The van der Waals surface area contributed by atoms with Gasteiger partial charge in [-0.1, -0.05) is 47.5 Å². The van der Waals surface area contributed by atoms with Crippen LogP contribution in [0.1, 0.15) is 29.5 Å². The standard InChI is InChI=1S/C18H14Cl2FN/c19-15-6-2-5-13(17(15)20)18-12-4-1-3-11(12)14-9-10(21)7-8-16(14)22-18/h1-3,5-9,11-12,18,22H,4H2/t11-,12-,18+/m1/s1. The van der Waals surface area contributed by atoms with Gasteiger partial charge in [0.05, 0.1) is 16.1 Å². The molecule has 22 heavy (non-hydrogen) atoms. The van der Waals surface area contributed by atoms with E-state index in [1.807, 2.05) is 12.1 Å². The topological polar surface area (TPSA) is 12.0 Å². The van der Waals surface area contributed by atoms with E-state index in [4.69, 9.17) is 23.2 Å². The highest BCUT2D eigenvalue weighted by atomic mass is 35.5. The molecule has 1 aliphatic carbocycles. The number of rotatable bonds is 1. The number of hydrogen-bond acceptors (Lipinski definition) is 1. The molecule has 0 saturated heterocycles. The van der Waals surface area contributed by atoms with Gasteiger partial charge in [-0.15, -0.1) is 0 Å². The molecule has 1 nitrogen and oxygen atoms in total. The van der Waals surface area contributed by atoms with Gasteiger partial charge in [0.1, 0.15) is 5.82 Å². The summed E-state index contributed by atoms with van der Waals surface area (Å²) < 4.78 is 13.6. The van der Waals surface area contributed by atoms with Crippen molar-refractivity contribution in [2.45, 2.75) is 18.4 Å². The van der Waals surface area contributed by atoms with E-state index in [2.05, 4.69) is 17.5 Å². The molecule has 1 heterocycles. The quantitative estimate of drug-likeness (QED) is 0.635. The minimum Gasteiger partial charge on any atom is -0.378 e. The van der Waals surface area contributed by atoms with Crippen molar-refractivity contribution in [2.24, 2.45) is 5.92 Å². The van der Waals surface area contributed by atoms with Crippen LogP contribution in [0.15, 0.2) is 48.6 Å². The van der Waals surface area contributed by atoms with Gasteiger partial charge in [0.25, 0.3) is 0 Å². The van der Waals surface area contributed by atoms with Crippen molar-refractivity contribution in [1.82, 2.24) is 0 Å². The Morgan fingerprint density at radius 2 is 1.95 bits per heavy atom. The lowest BCUT2D eigenvalue weighted by Gasteiger charge is -2.38. The molecule has 0 aromatic heterocycles. The maximum absolute atomic E-state index is 13.6. The van der Waals surface area contributed by atoms with E-state index in [0.717, 1.165) is 23.2 Å². The molecule has 0 spiro atoms. The van der Waals surface area contributed by atoms with Crippen LogP contribution < -0.4 is 5.32 Å².